The SMILES string of the molecule is CCCCCCCCCC[C@@H]1O[C@H]([C@@H]2CC[C@H]([C@H](O)CCCCOCc3ccccc3)O2)CC[C@H]1OCOC. The van der Waals surface area contributed by atoms with Crippen LogP contribution < -0.4 is 0 Å². The van der Waals surface area contributed by atoms with E-state index < -0.39 is 6.10 Å². The summed E-state index contributed by atoms with van der Waals surface area (Å²) in [5.74, 6) is 0. The van der Waals surface area contributed by atoms with E-state index in [0.29, 0.717) is 13.4 Å². The van der Waals surface area contributed by atoms with E-state index in [-0.39, 0.29) is 30.5 Å². The van der Waals surface area contributed by atoms with Gasteiger partial charge in [-0.2, -0.15) is 0 Å². The molecule has 224 valence electrons. The number of hydrogen-bond acceptors (Lipinski definition) is 6. The van der Waals surface area contributed by atoms with Crippen LogP contribution in [-0.4, -0.2) is 62.2 Å². The predicted octanol–water partition coefficient (Wildman–Crippen LogP) is 7.35. The van der Waals surface area contributed by atoms with Crippen molar-refractivity contribution in [3.8, 4) is 0 Å². The van der Waals surface area contributed by atoms with Gasteiger partial charge in [0.05, 0.1) is 43.2 Å². The first kappa shape index (κ1) is 32.5. The molecule has 6 nitrogen and oxygen atoms in total. The maximum atomic E-state index is 10.8. The maximum Gasteiger partial charge on any atom is 0.146 e. The summed E-state index contributed by atoms with van der Waals surface area (Å²) < 4.78 is 30.0. The smallest absolute Gasteiger partial charge is 0.146 e. The summed E-state index contributed by atoms with van der Waals surface area (Å²) in [4.78, 5) is 0. The molecule has 1 aromatic rings. The first-order valence-corrected chi connectivity index (χ1v) is 15.9. The van der Waals surface area contributed by atoms with Crippen LogP contribution in [0.5, 0.6) is 0 Å². The molecule has 0 aromatic heterocycles. The molecule has 39 heavy (non-hydrogen) atoms. The van der Waals surface area contributed by atoms with Crippen molar-refractivity contribution in [1.82, 2.24) is 0 Å². The Morgan fingerprint density at radius 1 is 0.846 bits per heavy atom. The Morgan fingerprint density at radius 3 is 2.33 bits per heavy atom. The average Bonchev–Trinajstić information content (AvgIpc) is 3.46. The fourth-order valence-corrected chi connectivity index (χ4v) is 6.00. The highest BCUT2D eigenvalue weighted by Crippen LogP contribution is 2.34. The molecule has 0 bridgehead atoms. The quantitative estimate of drug-likeness (QED) is 0.128. The van der Waals surface area contributed by atoms with Gasteiger partial charge in [0.2, 0.25) is 0 Å². The summed E-state index contributed by atoms with van der Waals surface area (Å²) in [5.41, 5.74) is 1.20. The Balaban J connectivity index is 1.32. The molecule has 0 amide bonds. The molecule has 0 radical (unpaired) electrons. The van der Waals surface area contributed by atoms with Crippen LogP contribution in [0.3, 0.4) is 0 Å². The third-order valence-corrected chi connectivity index (χ3v) is 8.32. The normalized spacial score (nSPS) is 26.2. The zero-order valence-corrected chi connectivity index (χ0v) is 24.8. The van der Waals surface area contributed by atoms with Gasteiger partial charge < -0.3 is 28.8 Å². The zero-order chi connectivity index (χ0) is 27.5. The van der Waals surface area contributed by atoms with Gasteiger partial charge in [-0.1, -0.05) is 88.6 Å². The third kappa shape index (κ3) is 12.6. The Morgan fingerprint density at radius 2 is 1.56 bits per heavy atom. The van der Waals surface area contributed by atoms with Gasteiger partial charge in [-0.05, 0) is 56.9 Å². The van der Waals surface area contributed by atoms with Crippen LogP contribution in [0.4, 0.5) is 0 Å². The van der Waals surface area contributed by atoms with E-state index in [9.17, 15) is 5.11 Å². The van der Waals surface area contributed by atoms with Crippen molar-refractivity contribution in [1.29, 1.82) is 0 Å². The number of unbranched alkanes of at least 4 members (excludes halogenated alkanes) is 8. The van der Waals surface area contributed by atoms with E-state index in [2.05, 4.69) is 19.1 Å². The van der Waals surface area contributed by atoms with Gasteiger partial charge >= 0.3 is 0 Å². The Hall–Kier alpha value is -1.02. The maximum absolute atomic E-state index is 10.8. The van der Waals surface area contributed by atoms with E-state index in [4.69, 9.17) is 23.7 Å². The number of hydrogen-bond donors (Lipinski definition) is 1. The lowest BCUT2D eigenvalue weighted by atomic mass is 9.93. The van der Waals surface area contributed by atoms with Crippen molar-refractivity contribution in [3.05, 3.63) is 35.9 Å². The number of methoxy groups -OCH3 is 1. The molecule has 1 aromatic carbocycles. The second kappa shape index (κ2) is 20.0. The van der Waals surface area contributed by atoms with Crippen molar-refractivity contribution < 1.29 is 28.8 Å². The fraction of sp³-hybridized carbons (Fsp3) is 0.818. The average molecular weight is 549 g/mol. The van der Waals surface area contributed by atoms with Crippen LogP contribution in [0.15, 0.2) is 30.3 Å². The van der Waals surface area contributed by atoms with Gasteiger partial charge in [-0.3, -0.25) is 0 Å². The standard InChI is InChI=1S/C33H56O6/c1-3-4-5-6-7-8-9-13-19-31-30(37-26-35-2)21-23-33(39-31)32-22-20-29(38-32)28(34)18-14-15-24-36-25-27-16-11-10-12-17-27/h10-12,16-17,28-34H,3-9,13-15,18-26H2,1-2H3/t28-,29-,30-,31+,32+,33+/m1/s1. The van der Waals surface area contributed by atoms with Crippen LogP contribution >= 0.6 is 0 Å². The van der Waals surface area contributed by atoms with Crippen molar-refractivity contribution in [2.75, 3.05) is 20.5 Å². The van der Waals surface area contributed by atoms with Gasteiger partial charge in [0.15, 0.2) is 0 Å². The third-order valence-electron chi connectivity index (χ3n) is 8.32. The lowest BCUT2D eigenvalue weighted by Crippen LogP contribution is -2.45. The van der Waals surface area contributed by atoms with E-state index in [1.165, 1.54) is 56.9 Å². The van der Waals surface area contributed by atoms with Gasteiger partial charge in [-0.25, -0.2) is 0 Å². The molecule has 0 spiro atoms. The van der Waals surface area contributed by atoms with Crippen LogP contribution in [0, 0.1) is 0 Å². The minimum absolute atomic E-state index is 0.0725. The lowest BCUT2D eigenvalue weighted by Gasteiger charge is -2.38. The van der Waals surface area contributed by atoms with Gasteiger partial charge in [0, 0.05) is 13.7 Å². The topological polar surface area (TPSA) is 66.4 Å². The predicted molar refractivity (Wildman–Crippen MR) is 156 cm³/mol. The first-order valence-electron chi connectivity index (χ1n) is 15.9. The van der Waals surface area contributed by atoms with Crippen LogP contribution in [0.25, 0.3) is 0 Å². The van der Waals surface area contributed by atoms with E-state index in [1.807, 2.05) is 18.2 Å². The van der Waals surface area contributed by atoms with Gasteiger partial charge in [-0.15, -0.1) is 0 Å². The van der Waals surface area contributed by atoms with Gasteiger partial charge in [0.25, 0.3) is 0 Å². The monoisotopic (exact) mass is 548 g/mol. The molecular weight excluding hydrogens is 492 g/mol. The largest absolute Gasteiger partial charge is 0.390 e. The minimum Gasteiger partial charge on any atom is -0.390 e. The molecule has 6 heteroatoms. The molecule has 2 aliphatic rings. The van der Waals surface area contributed by atoms with Crippen molar-refractivity contribution >= 4 is 0 Å². The molecule has 1 N–H and O–H groups in total. The van der Waals surface area contributed by atoms with Crippen molar-refractivity contribution in [2.24, 2.45) is 0 Å². The number of aliphatic hydroxyl groups is 1. The lowest BCUT2D eigenvalue weighted by molar-refractivity contribution is -0.198. The van der Waals surface area contributed by atoms with Gasteiger partial charge in [0.1, 0.15) is 6.79 Å². The highest BCUT2D eigenvalue weighted by molar-refractivity contribution is 5.13. The molecule has 0 aliphatic carbocycles. The summed E-state index contributed by atoms with van der Waals surface area (Å²) in [6, 6.07) is 10.3. The summed E-state index contributed by atoms with van der Waals surface area (Å²) >= 11 is 0. The molecular formula is C33H56O6. The molecule has 6 atom stereocenters. The van der Waals surface area contributed by atoms with E-state index >= 15 is 0 Å². The number of ether oxygens (including phenoxy) is 5. The summed E-state index contributed by atoms with van der Waals surface area (Å²) in [7, 11) is 1.68. The summed E-state index contributed by atoms with van der Waals surface area (Å²) in [6.45, 7) is 3.95. The van der Waals surface area contributed by atoms with Crippen molar-refractivity contribution in [3.63, 3.8) is 0 Å². The molecule has 3 rings (SSSR count). The Bertz CT molecular complexity index is 715. The van der Waals surface area contributed by atoms with E-state index in [1.54, 1.807) is 7.11 Å². The molecule has 0 saturated carbocycles. The Kier molecular flexibility index (Phi) is 16.6. The number of benzene rings is 1. The first-order chi connectivity index (χ1) is 19.2. The number of aliphatic hydroxyl groups excluding tert-OH is 1. The highest BCUT2D eigenvalue weighted by Gasteiger charge is 2.40. The zero-order valence-electron chi connectivity index (χ0n) is 24.8. The second-order valence-corrected chi connectivity index (χ2v) is 11.6. The Labute approximate surface area is 238 Å². The second-order valence-electron chi connectivity index (χ2n) is 11.6. The van der Waals surface area contributed by atoms with Crippen LogP contribution in [0.1, 0.15) is 115 Å². The van der Waals surface area contributed by atoms with Crippen molar-refractivity contribution in [2.45, 2.75) is 153 Å². The number of rotatable bonds is 21. The molecule has 0 unspecified atom stereocenters. The molecule has 2 fully saturated rings. The minimum atomic E-state index is -0.418. The van der Waals surface area contributed by atoms with Crippen LogP contribution in [0.2, 0.25) is 0 Å². The van der Waals surface area contributed by atoms with E-state index in [0.717, 1.165) is 58.0 Å². The summed E-state index contributed by atoms with van der Waals surface area (Å²) in [5, 5.41) is 10.8. The highest BCUT2D eigenvalue weighted by atomic mass is 16.7. The summed E-state index contributed by atoms with van der Waals surface area (Å²) in [6.07, 6.45) is 17.8. The molecule has 2 heterocycles. The molecule has 2 aliphatic heterocycles. The fourth-order valence-electron chi connectivity index (χ4n) is 6.00. The van der Waals surface area contributed by atoms with Crippen LogP contribution in [-0.2, 0) is 30.3 Å². The molecule has 2 saturated heterocycles.